The van der Waals surface area contributed by atoms with Gasteiger partial charge in [-0.05, 0) is 25.8 Å². The highest BCUT2D eigenvalue weighted by Crippen LogP contribution is 2.16. The summed E-state index contributed by atoms with van der Waals surface area (Å²) in [6.45, 7) is 4.16. The van der Waals surface area contributed by atoms with Crippen LogP contribution in [-0.4, -0.2) is 58.3 Å². The average molecular weight is 350 g/mol. The Morgan fingerprint density at radius 1 is 1.28 bits per heavy atom. The summed E-state index contributed by atoms with van der Waals surface area (Å²) in [5.41, 5.74) is 8.03. The Kier molecular flexibility index (Phi) is 6.23. The number of nitrogens with one attached hydrogen (secondary N) is 1. The van der Waals surface area contributed by atoms with Crippen molar-refractivity contribution in [3.8, 4) is 0 Å². The molecule has 0 fully saturated rings. The first kappa shape index (κ1) is 18.6. The van der Waals surface area contributed by atoms with Crippen LogP contribution in [0, 0.1) is 13.8 Å². The van der Waals surface area contributed by atoms with Gasteiger partial charge in [0.2, 0.25) is 5.95 Å². The fourth-order valence-electron chi connectivity index (χ4n) is 2.37. The zero-order valence-electron chi connectivity index (χ0n) is 14.5. The fourth-order valence-corrected chi connectivity index (χ4v) is 2.37. The number of esters is 1. The molecule has 2 heterocycles. The summed E-state index contributed by atoms with van der Waals surface area (Å²) >= 11 is 0. The maximum absolute atomic E-state index is 11.8. The second kappa shape index (κ2) is 8.38. The highest BCUT2D eigenvalue weighted by atomic mass is 16.5. The smallest absolute Gasteiger partial charge is 0.306 e. The predicted octanol–water partition coefficient (Wildman–Crippen LogP) is -0.438. The van der Waals surface area contributed by atoms with E-state index < -0.39 is 5.97 Å². The van der Waals surface area contributed by atoms with E-state index in [1.54, 1.807) is 4.52 Å². The van der Waals surface area contributed by atoms with Crippen LogP contribution in [0.2, 0.25) is 0 Å². The number of nitrogens with zero attached hydrogens (tertiary/aromatic N) is 4. The molecule has 1 amide bonds. The zero-order valence-corrected chi connectivity index (χ0v) is 14.5. The Hall–Kier alpha value is -2.75. The minimum absolute atomic E-state index is 0.129. The third kappa shape index (κ3) is 4.86. The minimum Gasteiger partial charge on any atom is -0.456 e. The van der Waals surface area contributed by atoms with E-state index in [2.05, 4.69) is 20.4 Å². The number of anilines is 1. The Balaban J connectivity index is 1.89. The number of amides is 1. The molecule has 2 aromatic heterocycles. The molecule has 0 aliphatic rings. The lowest BCUT2D eigenvalue weighted by atomic mass is 10.1. The van der Waals surface area contributed by atoms with E-state index in [1.165, 1.54) is 7.11 Å². The van der Waals surface area contributed by atoms with Gasteiger partial charge in [0.25, 0.3) is 11.7 Å². The molecule has 0 saturated carbocycles. The highest BCUT2D eigenvalue weighted by Gasteiger charge is 2.15. The van der Waals surface area contributed by atoms with Crippen LogP contribution < -0.4 is 11.1 Å². The summed E-state index contributed by atoms with van der Waals surface area (Å²) in [6, 6.07) is 0. The first-order valence-corrected chi connectivity index (χ1v) is 7.82. The number of rotatable bonds is 8. The van der Waals surface area contributed by atoms with Crippen molar-refractivity contribution in [2.24, 2.45) is 0 Å². The first-order valence-electron chi connectivity index (χ1n) is 7.82. The monoisotopic (exact) mass is 350 g/mol. The van der Waals surface area contributed by atoms with Crippen molar-refractivity contribution in [1.29, 1.82) is 0 Å². The Morgan fingerprint density at radius 3 is 2.76 bits per heavy atom. The van der Waals surface area contributed by atoms with E-state index in [9.17, 15) is 9.59 Å². The normalized spacial score (nSPS) is 10.8. The fraction of sp³-hybridized carbons (Fsp3) is 0.533. The van der Waals surface area contributed by atoms with Gasteiger partial charge in [0.1, 0.15) is 0 Å². The summed E-state index contributed by atoms with van der Waals surface area (Å²) < 4.78 is 11.3. The van der Waals surface area contributed by atoms with Crippen LogP contribution in [0.3, 0.4) is 0 Å². The zero-order chi connectivity index (χ0) is 18.4. The van der Waals surface area contributed by atoms with Gasteiger partial charge in [-0.25, -0.2) is 4.98 Å². The van der Waals surface area contributed by atoms with Gasteiger partial charge in [-0.2, -0.15) is 9.50 Å². The maximum Gasteiger partial charge on any atom is 0.306 e. The largest absolute Gasteiger partial charge is 0.456 e. The van der Waals surface area contributed by atoms with Crippen LogP contribution in [0.4, 0.5) is 5.95 Å². The van der Waals surface area contributed by atoms with E-state index in [0.717, 1.165) is 17.0 Å². The molecular weight excluding hydrogens is 328 g/mol. The molecule has 136 valence electrons. The third-order valence-corrected chi connectivity index (χ3v) is 3.64. The van der Waals surface area contributed by atoms with Gasteiger partial charge >= 0.3 is 5.97 Å². The number of hydrogen-bond donors (Lipinski definition) is 2. The van der Waals surface area contributed by atoms with E-state index in [1.807, 2.05) is 13.8 Å². The van der Waals surface area contributed by atoms with Crippen LogP contribution in [0.1, 0.15) is 23.4 Å². The highest BCUT2D eigenvalue weighted by molar-refractivity contribution is 5.80. The van der Waals surface area contributed by atoms with Crippen molar-refractivity contribution in [3.63, 3.8) is 0 Å². The van der Waals surface area contributed by atoms with E-state index in [4.69, 9.17) is 15.2 Å². The van der Waals surface area contributed by atoms with Gasteiger partial charge in [0.05, 0.1) is 6.61 Å². The topological polar surface area (TPSA) is 134 Å². The van der Waals surface area contributed by atoms with Crippen molar-refractivity contribution in [2.75, 3.05) is 32.6 Å². The molecule has 0 radical (unpaired) electrons. The van der Waals surface area contributed by atoms with Gasteiger partial charge in [0, 0.05) is 31.5 Å². The van der Waals surface area contributed by atoms with Gasteiger partial charge < -0.3 is 20.5 Å². The number of aryl methyl sites for hydroxylation is 2. The Labute approximate surface area is 144 Å². The Bertz CT molecular complexity index is 773. The number of hydrogen-bond acceptors (Lipinski definition) is 8. The second-order valence-electron chi connectivity index (χ2n) is 5.45. The predicted molar refractivity (Wildman–Crippen MR) is 88.8 cm³/mol. The van der Waals surface area contributed by atoms with Crippen LogP contribution in [0.5, 0.6) is 0 Å². The van der Waals surface area contributed by atoms with Crippen molar-refractivity contribution >= 4 is 23.6 Å². The lowest BCUT2D eigenvalue weighted by Gasteiger charge is -2.10. The molecule has 0 aliphatic carbocycles. The van der Waals surface area contributed by atoms with E-state index in [0.29, 0.717) is 25.4 Å². The lowest BCUT2D eigenvalue weighted by molar-refractivity contribution is -0.148. The molecule has 0 aliphatic heterocycles. The standard InChI is InChI=1S/C15H22N6O4/c1-9-11(10(2)21-15(18-9)19-14(16)20-21)4-5-13(23)25-8-12(22)17-6-7-24-3/h4-8H2,1-3H3,(H2,16,20)(H,17,22). The van der Waals surface area contributed by atoms with Gasteiger partial charge in [0.15, 0.2) is 6.61 Å². The minimum atomic E-state index is -0.459. The number of carbonyl (C=O) groups excluding carboxylic acids is 2. The molecule has 0 atom stereocenters. The molecule has 0 saturated heterocycles. The molecule has 0 unspecified atom stereocenters. The summed E-state index contributed by atoms with van der Waals surface area (Å²) in [4.78, 5) is 31.7. The number of carbonyl (C=O) groups is 2. The number of methoxy groups -OCH3 is 1. The number of aromatic nitrogens is 4. The molecule has 0 aromatic carbocycles. The van der Waals surface area contributed by atoms with Crippen LogP contribution >= 0.6 is 0 Å². The van der Waals surface area contributed by atoms with Gasteiger partial charge in [-0.3, -0.25) is 9.59 Å². The average Bonchev–Trinajstić information content (AvgIpc) is 2.93. The second-order valence-corrected chi connectivity index (χ2v) is 5.45. The SMILES string of the molecule is COCCNC(=O)COC(=O)CCc1c(C)nc2nc(N)nn2c1C. The molecule has 10 nitrogen and oxygen atoms in total. The molecular formula is C15H22N6O4. The number of ether oxygens (including phenoxy) is 2. The third-order valence-electron chi connectivity index (χ3n) is 3.64. The molecule has 0 bridgehead atoms. The molecule has 2 aromatic rings. The lowest BCUT2D eigenvalue weighted by Crippen LogP contribution is -2.31. The summed E-state index contributed by atoms with van der Waals surface area (Å²) in [5.74, 6) is -0.254. The number of nitrogens with two attached hydrogens (primary N) is 1. The quantitative estimate of drug-likeness (QED) is 0.483. The van der Waals surface area contributed by atoms with Crippen LogP contribution in [0.15, 0.2) is 0 Å². The molecule has 10 heteroatoms. The molecule has 0 spiro atoms. The number of nitrogen functional groups attached to an aromatic ring is 1. The summed E-state index contributed by atoms with van der Waals surface area (Å²) in [7, 11) is 1.54. The van der Waals surface area contributed by atoms with E-state index >= 15 is 0 Å². The van der Waals surface area contributed by atoms with Crippen molar-refractivity contribution in [3.05, 3.63) is 17.0 Å². The van der Waals surface area contributed by atoms with Gasteiger partial charge in [-0.15, -0.1) is 5.10 Å². The number of fused-ring (bicyclic) bond motifs is 1. The summed E-state index contributed by atoms with van der Waals surface area (Å²) in [6.07, 6.45) is 0.550. The van der Waals surface area contributed by atoms with E-state index in [-0.39, 0.29) is 24.9 Å². The van der Waals surface area contributed by atoms with Crippen molar-refractivity contribution < 1.29 is 19.1 Å². The van der Waals surface area contributed by atoms with Gasteiger partial charge in [-0.1, -0.05) is 0 Å². The molecule has 25 heavy (non-hydrogen) atoms. The van der Waals surface area contributed by atoms with Crippen molar-refractivity contribution in [2.45, 2.75) is 26.7 Å². The molecule has 3 N–H and O–H groups in total. The van der Waals surface area contributed by atoms with Crippen LogP contribution in [0.25, 0.3) is 5.78 Å². The maximum atomic E-state index is 11.8. The Morgan fingerprint density at radius 2 is 2.04 bits per heavy atom. The van der Waals surface area contributed by atoms with Crippen LogP contribution in [-0.2, 0) is 25.5 Å². The van der Waals surface area contributed by atoms with Crippen molar-refractivity contribution in [1.82, 2.24) is 24.9 Å². The molecule has 2 rings (SSSR count). The summed E-state index contributed by atoms with van der Waals surface area (Å²) in [5, 5.41) is 6.65. The first-order chi connectivity index (χ1) is 11.9.